The van der Waals surface area contributed by atoms with E-state index in [2.05, 4.69) is 18.8 Å². The van der Waals surface area contributed by atoms with Gasteiger partial charge in [-0.05, 0) is 18.1 Å². The Morgan fingerprint density at radius 2 is 2.04 bits per heavy atom. The Morgan fingerprint density at radius 1 is 1.20 bits per heavy atom. The lowest BCUT2D eigenvalue weighted by Crippen LogP contribution is -2.02. The number of hydrogen-bond donors (Lipinski definition) is 0. The summed E-state index contributed by atoms with van der Waals surface area (Å²) in [6.45, 7) is 6.56. The van der Waals surface area contributed by atoms with Crippen LogP contribution in [0.4, 0.5) is 0 Å². The molecule has 3 aromatic rings. The summed E-state index contributed by atoms with van der Waals surface area (Å²) in [6.07, 6.45) is 2.99. The fourth-order valence-corrected chi connectivity index (χ4v) is 2.86. The third-order valence-electron chi connectivity index (χ3n) is 4.02. The first-order valence-corrected chi connectivity index (χ1v) is 8.44. The Hall–Kier alpha value is -2.83. The minimum atomic E-state index is 0.241. The molecule has 1 aliphatic heterocycles. The van der Waals surface area contributed by atoms with Gasteiger partial charge in [-0.25, -0.2) is 14.6 Å². The number of fused-ring (bicyclic) bond motifs is 1. The quantitative estimate of drug-likeness (QED) is 0.708. The van der Waals surface area contributed by atoms with Gasteiger partial charge in [-0.2, -0.15) is 5.10 Å². The van der Waals surface area contributed by atoms with Gasteiger partial charge in [-0.15, -0.1) is 0 Å². The van der Waals surface area contributed by atoms with Gasteiger partial charge in [-0.3, -0.25) is 0 Å². The molecule has 25 heavy (non-hydrogen) atoms. The van der Waals surface area contributed by atoms with E-state index >= 15 is 0 Å². The van der Waals surface area contributed by atoms with Gasteiger partial charge in [-0.1, -0.05) is 20.8 Å². The fraction of sp³-hybridized carbons (Fsp3) is 0.389. The van der Waals surface area contributed by atoms with E-state index in [0.717, 1.165) is 41.6 Å². The van der Waals surface area contributed by atoms with Gasteiger partial charge in [0.15, 0.2) is 29.5 Å². The molecule has 0 saturated heterocycles. The van der Waals surface area contributed by atoms with Gasteiger partial charge >= 0.3 is 0 Å². The molecule has 0 N–H and O–H groups in total. The van der Waals surface area contributed by atoms with Crippen LogP contribution in [0, 0.1) is 5.92 Å². The standard InChI is InChI=1S/C18H20N4O3/c1-4-13-17(19-9-23-13)18-20-16(7-11(2)3)21-22(18)12-5-6-14-15(8-12)25-10-24-14/h5-6,8-9,11H,4,7,10H2,1-3H3. The van der Waals surface area contributed by atoms with Gasteiger partial charge in [0.2, 0.25) is 6.79 Å². The van der Waals surface area contributed by atoms with E-state index in [0.29, 0.717) is 17.5 Å². The van der Waals surface area contributed by atoms with E-state index in [-0.39, 0.29) is 6.79 Å². The monoisotopic (exact) mass is 340 g/mol. The maximum atomic E-state index is 5.49. The highest BCUT2D eigenvalue weighted by molar-refractivity contribution is 5.58. The van der Waals surface area contributed by atoms with Crippen LogP contribution in [0.3, 0.4) is 0 Å². The zero-order chi connectivity index (χ0) is 17.4. The number of nitrogens with zero attached hydrogens (tertiary/aromatic N) is 4. The average Bonchev–Trinajstić information content (AvgIpc) is 3.31. The molecule has 3 heterocycles. The smallest absolute Gasteiger partial charge is 0.231 e. The number of oxazole rings is 1. The zero-order valence-electron chi connectivity index (χ0n) is 14.5. The van der Waals surface area contributed by atoms with Crippen molar-refractivity contribution in [1.29, 1.82) is 0 Å². The van der Waals surface area contributed by atoms with Crippen molar-refractivity contribution in [3.63, 3.8) is 0 Å². The molecule has 0 amide bonds. The molecule has 2 aromatic heterocycles. The van der Waals surface area contributed by atoms with Crippen molar-refractivity contribution in [1.82, 2.24) is 19.7 Å². The largest absolute Gasteiger partial charge is 0.454 e. The Kier molecular flexibility index (Phi) is 3.91. The number of hydrogen-bond acceptors (Lipinski definition) is 6. The molecule has 130 valence electrons. The van der Waals surface area contributed by atoms with E-state index in [9.17, 15) is 0 Å². The molecule has 7 nitrogen and oxygen atoms in total. The van der Waals surface area contributed by atoms with Gasteiger partial charge in [0, 0.05) is 18.9 Å². The third-order valence-corrected chi connectivity index (χ3v) is 4.02. The Labute approximate surface area is 145 Å². The molecule has 1 aromatic carbocycles. The summed E-state index contributed by atoms with van der Waals surface area (Å²) in [5.41, 5.74) is 1.58. The predicted molar refractivity (Wildman–Crippen MR) is 90.9 cm³/mol. The molecule has 0 spiro atoms. The van der Waals surface area contributed by atoms with Crippen molar-refractivity contribution in [2.45, 2.75) is 33.6 Å². The molecular formula is C18H20N4O3. The Morgan fingerprint density at radius 3 is 2.84 bits per heavy atom. The van der Waals surface area contributed by atoms with Crippen LogP contribution in [0.5, 0.6) is 11.5 Å². The molecule has 1 aliphatic rings. The van der Waals surface area contributed by atoms with Crippen LogP contribution in [-0.2, 0) is 12.8 Å². The molecule has 0 radical (unpaired) electrons. The topological polar surface area (TPSA) is 75.2 Å². The lowest BCUT2D eigenvalue weighted by atomic mass is 10.1. The van der Waals surface area contributed by atoms with Gasteiger partial charge in [0.1, 0.15) is 11.5 Å². The highest BCUT2D eigenvalue weighted by Gasteiger charge is 2.22. The van der Waals surface area contributed by atoms with E-state index in [1.807, 2.05) is 25.1 Å². The normalized spacial score (nSPS) is 13.0. The Bertz CT molecular complexity index is 898. The van der Waals surface area contributed by atoms with Crippen molar-refractivity contribution in [3.8, 4) is 28.7 Å². The van der Waals surface area contributed by atoms with Crippen LogP contribution in [0.1, 0.15) is 32.4 Å². The van der Waals surface area contributed by atoms with Crippen LogP contribution in [0.15, 0.2) is 29.0 Å². The SMILES string of the molecule is CCc1ocnc1-c1nc(CC(C)C)nn1-c1ccc2c(c1)OCO2. The molecule has 0 fully saturated rings. The predicted octanol–water partition coefficient (Wildman–Crippen LogP) is 3.41. The van der Waals surface area contributed by atoms with Crippen LogP contribution in [0.2, 0.25) is 0 Å². The Balaban J connectivity index is 1.84. The third kappa shape index (κ3) is 2.86. The highest BCUT2D eigenvalue weighted by atomic mass is 16.7. The van der Waals surface area contributed by atoms with Crippen LogP contribution in [0.25, 0.3) is 17.2 Å². The van der Waals surface area contributed by atoms with Crippen molar-refractivity contribution in [3.05, 3.63) is 36.2 Å². The van der Waals surface area contributed by atoms with E-state index in [4.69, 9.17) is 24.0 Å². The number of rotatable bonds is 5. The first-order chi connectivity index (χ1) is 12.2. The second-order valence-electron chi connectivity index (χ2n) is 6.38. The molecule has 0 atom stereocenters. The summed E-state index contributed by atoms with van der Waals surface area (Å²) in [6, 6.07) is 5.73. The van der Waals surface area contributed by atoms with E-state index in [1.54, 1.807) is 4.68 Å². The maximum Gasteiger partial charge on any atom is 0.231 e. The maximum absolute atomic E-state index is 5.49. The highest BCUT2D eigenvalue weighted by Crippen LogP contribution is 2.34. The second-order valence-corrected chi connectivity index (χ2v) is 6.38. The van der Waals surface area contributed by atoms with Crippen molar-refractivity contribution in [2.24, 2.45) is 5.92 Å². The van der Waals surface area contributed by atoms with Crippen LogP contribution < -0.4 is 9.47 Å². The van der Waals surface area contributed by atoms with Crippen molar-refractivity contribution in [2.75, 3.05) is 6.79 Å². The summed E-state index contributed by atoms with van der Waals surface area (Å²) in [7, 11) is 0. The number of aryl methyl sites for hydroxylation is 1. The molecule has 0 bridgehead atoms. The summed E-state index contributed by atoms with van der Waals surface area (Å²) >= 11 is 0. The zero-order valence-corrected chi connectivity index (χ0v) is 14.5. The second kappa shape index (κ2) is 6.23. The minimum absolute atomic E-state index is 0.241. The molecule has 0 unspecified atom stereocenters. The van der Waals surface area contributed by atoms with Crippen molar-refractivity contribution >= 4 is 0 Å². The molecule has 7 heteroatoms. The van der Waals surface area contributed by atoms with Gasteiger partial charge in [0.05, 0.1) is 5.69 Å². The fourth-order valence-electron chi connectivity index (χ4n) is 2.86. The van der Waals surface area contributed by atoms with E-state index < -0.39 is 0 Å². The number of benzene rings is 1. The minimum Gasteiger partial charge on any atom is -0.454 e. The summed E-state index contributed by atoms with van der Waals surface area (Å²) in [4.78, 5) is 9.09. The molecule has 0 saturated carbocycles. The number of ether oxygens (including phenoxy) is 2. The van der Waals surface area contributed by atoms with Gasteiger partial charge in [0.25, 0.3) is 0 Å². The summed E-state index contributed by atoms with van der Waals surface area (Å²) in [5, 5.41) is 4.70. The van der Waals surface area contributed by atoms with Crippen LogP contribution >= 0.6 is 0 Å². The molecular weight excluding hydrogens is 320 g/mol. The lowest BCUT2D eigenvalue weighted by Gasteiger charge is -2.06. The number of aromatic nitrogens is 4. The lowest BCUT2D eigenvalue weighted by molar-refractivity contribution is 0.174. The molecule has 0 aliphatic carbocycles. The summed E-state index contributed by atoms with van der Waals surface area (Å²) in [5.74, 6) is 4.17. The average molecular weight is 340 g/mol. The van der Waals surface area contributed by atoms with Crippen molar-refractivity contribution < 1.29 is 13.9 Å². The van der Waals surface area contributed by atoms with E-state index in [1.165, 1.54) is 6.39 Å². The van der Waals surface area contributed by atoms with Crippen LogP contribution in [-0.4, -0.2) is 26.5 Å². The molecule has 4 rings (SSSR count). The first kappa shape index (κ1) is 15.7. The van der Waals surface area contributed by atoms with Gasteiger partial charge < -0.3 is 13.9 Å². The summed E-state index contributed by atoms with van der Waals surface area (Å²) < 4.78 is 18.2. The first-order valence-electron chi connectivity index (χ1n) is 8.44.